The molecule has 3 heterocycles. The number of pyridine rings is 1. The van der Waals surface area contributed by atoms with Crippen LogP contribution in [0.1, 0.15) is 22.5 Å². The lowest BCUT2D eigenvalue weighted by Gasteiger charge is -2.28. The van der Waals surface area contributed by atoms with Gasteiger partial charge < -0.3 is 15.8 Å². The zero-order valence-corrected chi connectivity index (χ0v) is 15.2. The first-order chi connectivity index (χ1) is 14.1. The summed E-state index contributed by atoms with van der Waals surface area (Å²) in [7, 11) is 0. The van der Waals surface area contributed by atoms with Gasteiger partial charge in [-0.15, -0.1) is 0 Å². The van der Waals surface area contributed by atoms with Crippen molar-refractivity contribution in [3.05, 3.63) is 53.4 Å². The first-order valence-electron chi connectivity index (χ1n) is 8.47. The van der Waals surface area contributed by atoms with E-state index in [4.69, 9.17) is 11.0 Å². The number of carbonyl (C=O) groups excluding carboxylic acids is 1. The number of halogens is 4. The van der Waals surface area contributed by atoms with Crippen molar-refractivity contribution in [2.45, 2.75) is 18.7 Å². The quantitative estimate of drug-likeness (QED) is 0.706. The van der Waals surface area contributed by atoms with E-state index in [9.17, 15) is 22.4 Å². The molecule has 2 aliphatic rings. The standard InChI is InChI=1S/C18H14F4N6O2/c19-12-3-4-14(28-15(29)11-2-1-10(6-23)7-25-11)26-8-17(12)5-13(18(20,21)22)30-16(24)27-9-17/h1-4,7-8,13H,5,9H2,(H2,24,27)(H,28,29)/t13-,17?/m0/s1. The highest BCUT2D eigenvalue weighted by Crippen LogP contribution is 2.40. The second-order valence-electron chi connectivity index (χ2n) is 6.49. The number of allylic oxidation sites excluding steroid dienone is 2. The van der Waals surface area contributed by atoms with Gasteiger partial charge in [0.25, 0.3) is 11.9 Å². The molecule has 0 radical (unpaired) electrons. The minimum absolute atomic E-state index is 0.0362. The summed E-state index contributed by atoms with van der Waals surface area (Å²) in [4.78, 5) is 23.7. The Bertz CT molecular complexity index is 1010. The van der Waals surface area contributed by atoms with Gasteiger partial charge in [0.1, 0.15) is 23.4 Å². The molecule has 1 unspecified atom stereocenters. The number of nitriles is 1. The molecule has 3 N–H and O–H groups in total. The molecule has 3 rings (SSSR count). The lowest BCUT2D eigenvalue weighted by molar-refractivity contribution is -0.203. The maximum atomic E-state index is 14.8. The Morgan fingerprint density at radius 3 is 2.77 bits per heavy atom. The summed E-state index contributed by atoms with van der Waals surface area (Å²) < 4.78 is 59.1. The van der Waals surface area contributed by atoms with Gasteiger partial charge in [-0.25, -0.2) is 19.4 Å². The molecule has 1 spiro atoms. The normalized spacial score (nSPS) is 23.8. The van der Waals surface area contributed by atoms with Gasteiger partial charge in [0.2, 0.25) is 0 Å². The number of hydrogen-bond acceptors (Lipinski definition) is 7. The van der Waals surface area contributed by atoms with Crippen molar-refractivity contribution in [1.82, 2.24) is 10.3 Å². The average molecular weight is 422 g/mol. The lowest BCUT2D eigenvalue weighted by Crippen LogP contribution is -2.40. The summed E-state index contributed by atoms with van der Waals surface area (Å²) in [6, 6.07) is 3.84. The Morgan fingerprint density at radius 2 is 2.13 bits per heavy atom. The number of aliphatic imine (C=N–C) groups is 2. The molecule has 0 saturated heterocycles. The van der Waals surface area contributed by atoms with Crippen LogP contribution in [-0.2, 0) is 4.74 Å². The number of ether oxygens (including phenoxy) is 1. The van der Waals surface area contributed by atoms with E-state index in [1.165, 1.54) is 18.3 Å². The molecule has 0 bridgehead atoms. The highest BCUT2D eigenvalue weighted by atomic mass is 19.4. The number of alkyl halides is 3. The van der Waals surface area contributed by atoms with Crippen LogP contribution in [0, 0.1) is 16.7 Å². The zero-order chi connectivity index (χ0) is 21.9. The van der Waals surface area contributed by atoms with Gasteiger partial charge in [-0.3, -0.25) is 4.79 Å². The van der Waals surface area contributed by atoms with Gasteiger partial charge in [0.05, 0.1) is 17.5 Å². The van der Waals surface area contributed by atoms with Crippen molar-refractivity contribution in [2.24, 2.45) is 21.1 Å². The number of nitrogens with zero attached hydrogens (tertiary/aromatic N) is 4. The van der Waals surface area contributed by atoms with Crippen LogP contribution in [0.25, 0.3) is 0 Å². The Labute approximate surface area is 167 Å². The van der Waals surface area contributed by atoms with E-state index in [1.807, 2.05) is 6.07 Å². The van der Waals surface area contributed by atoms with Gasteiger partial charge in [-0.2, -0.15) is 18.4 Å². The SMILES string of the molecule is N#Cc1ccc(C(=O)NC2=CC=C(F)C3(C=N2)CN=C(N)O[C@H](C(F)(F)F)C3)nc1. The molecule has 1 aromatic heterocycles. The fraction of sp³-hybridized carbons (Fsp3) is 0.278. The van der Waals surface area contributed by atoms with E-state index in [1.54, 1.807) is 0 Å². The van der Waals surface area contributed by atoms with E-state index < -0.39 is 48.4 Å². The van der Waals surface area contributed by atoms with Crippen LogP contribution in [0.4, 0.5) is 17.6 Å². The number of nitrogens with two attached hydrogens (primary N) is 1. The molecule has 1 aromatic rings. The number of rotatable bonds is 2. The monoisotopic (exact) mass is 422 g/mol. The van der Waals surface area contributed by atoms with Crippen LogP contribution in [0.15, 0.2) is 52.1 Å². The van der Waals surface area contributed by atoms with E-state index in [0.29, 0.717) is 0 Å². The van der Waals surface area contributed by atoms with Crippen molar-refractivity contribution in [1.29, 1.82) is 5.26 Å². The third-order valence-electron chi connectivity index (χ3n) is 4.38. The zero-order valence-electron chi connectivity index (χ0n) is 15.2. The maximum absolute atomic E-state index is 14.8. The fourth-order valence-electron chi connectivity index (χ4n) is 2.75. The predicted molar refractivity (Wildman–Crippen MR) is 96.7 cm³/mol. The Morgan fingerprint density at radius 1 is 1.37 bits per heavy atom. The van der Waals surface area contributed by atoms with E-state index in [-0.39, 0.29) is 17.1 Å². The van der Waals surface area contributed by atoms with Crippen molar-refractivity contribution >= 4 is 18.1 Å². The first kappa shape index (κ1) is 21.0. The van der Waals surface area contributed by atoms with Gasteiger partial charge in [-0.05, 0) is 24.3 Å². The lowest BCUT2D eigenvalue weighted by atomic mass is 9.81. The first-order valence-corrected chi connectivity index (χ1v) is 8.47. The second-order valence-corrected chi connectivity index (χ2v) is 6.49. The van der Waals surface area contributed by atoms with Crippen LogP contribution in [0.2, 0.25) is 0 Å². The number of amidine groups is 1. The largest absolute Gasteiger partial charge is 0.452 e. The number of carbonyl (C=O) groups is 1. The molecule has 2 aliphatic heterocycles. The Balaban J connectivity index is 1.83. The highest BCUT2D eigenvalue weighted by molar-refractivity contribution is 5.93. The van der Waals surface area contributed by atoms with Crippen molar-refractivity contribution < 1.29 is 27.1 Å². The van der Waals surface area contributed by atoms with Crippen molar-refractivity contribution in [3.63, 3.8) is 0 Å². The summed E-state index contributed by atoms with van der Waals surface area (Å²) >= 11 is 0. The van der Waals surface area contributed by atoms with Gasteiger partial charge in [-0.1, -0.05) is 0 Å². The second kappa shape index (κ2) is 7.94. The van der Waals surface area contributed by atoms with Crippen LogP contribution in [-0.4, -0.2) is 42.0 Å². The van der Waals surface area contributed by atoms with E-state index in [0.717, 1.165) is 18.4 Å². The van der Waals surface area contributed by atoms with Crippen molar-refractivity contribution in [2.75, 3.05) is 6.54 Å². The molecule has 0 saturated carbocycles. The molecular formula is C18H14F4N6O2. The molecule has 156 valence electrons. The smallest absolute Gasteiger partial charge is 0.425 e. The molecule has 0 fully saturated rings. The predicted octanol–water partition coefficient (Wildman–Crippen LogP) is 2.11. The van der Waals surface area contributed by atoms with Crippen LogP contribution < -0.4 is 11.1 Å². The minimum atomic E-state index is -4.80. The van der Waals surface area contributed by atoms with Crippen LogP contribution >= 0.6 is 0 Å². The number of hydrogen-bond donors (Lipinski definition) is 2. The maximum Gasteiger partial charge on any atom is 0.425 e. The molecule has 30 heavy (non-hydrogen) atoms. The molecule has 2 atom stereocenters. The molecule has 8 nitrogen and oxygen atoms in total. The molecule has 0 aromatic carbocycles. The minimum Gasteiger partial charge on any atom is -0.452 e. The van der Waals surface area contributed by atoms with Crippen molar-refractivity contribution in [3.8, 4) is 6.07 Å². The fourth-order valence-corrected chi connectivity index (χ4v) is 2.75. The van der Waals surface area contributed by atoms with Crippen LogP contribution in [0.3, 0.4) is 0 Å². The summed E-state index contributed by atoms with van der Waals surface area (Å²) in [6.45, 7) is -0.455. The van der Waals surface area contributed by atoms with E-state index in [2.05, 4.69) is 25.0 Å². The molecule has 0 aliphatic carbocycles. The van der Waals surface area contributed by atoms with Gasteiger partial charge >= 0.3 is 6.18 Å². The van der Waals surface area contributed by atoms with Crippen LogP contribution in [0.5, 0.6) is 0 Å². The Hall–Kier alpha value is -3.75. The average Bonchev–Trinajstić information content (AvgIpc) is 2.98. The summed E-state index contributed by atoms with van der Waals surface area (Å²) in [5, 5.41) is 11.1. The summed E-state index contributed by atoms with van der Waals surface area (Å²) in [5.74, 6) is -1.76. The summed E-state index contributed by atoms with van der Waals surface area (Å²) in [5.41, 5.74) is 3.68. The third-order valence-corrected chi connectivity index (χ3v) is 4.38. The number of nitrogens with one attached hydrogen (secondary N) is 1. The van der Waals surface area contributed by atoms with E-state index >= 15 is 0 Å². The van der Waals surface area contributed by atoms with Gasteiger partial charge in [0, 0.05) is 18.8 Å². The number of aromatic nitrogens is 1. The Kier molecular flexibility index (Phi) is 5.55. The molecule has 1 amide bonds. The number of amides is 1. The van der Waals surface area contributed by atoms with Gasteiger partial charge in [0.15, 0.2) is 6.10 Å². The summed E-state index contributed by atoms with van der Waals surface area (Å²) in [6.07, 6.45) is -3.87. The highest BCUT2D eigenvalue weighted by Gasteiger charge is 2.50. The molecule has 12 heteroatoms. The topological polar surface area (TPSA) is 126 Å². The molecular weight excluding hydrogens is 408 g/mol. The third kappa shape index (κ3) is 4.45.